The Labute approximate surface area is 119 Å². The molecule has 1 aliphatic heterocycles. The van der Waals surface area contributed by atoms with E-state index in [1.807, 2.05) is 0 Å². The van der Waals surface area contributed by atoms with E-state index in [-0.39, 0.29) is 11.9 Å². The van der Waals surface area contributed by atoms with Crippen LogP contribution in [0.15, 0.2) is 0 Å². The highest BCUT2D eigenvalue weighted by atomic mass is 32.2. The highest BCUT2D eigenvalue weighted by Crippen LogP contribution is 2.46. The van der Waals surface area contributed by atoms with Gasteiger partial charge in [-0.25, -0.2) is 13.3 Å². The van der Waals surface area contributed by atoms with E-state index in [1.54, 1.807) is 0 Å². The number of aliphatic carboxylic acids is 1. The SMILES string of the molecule is CC(C)N([SH]=O)C1CC2(CNC2)C1.O=C(O)C(F)(F)F. The molecule has 0 aromatic rings. The van der Waals surface area contributed by atoms with Crippen molar-refractivity contribution in [2.75, 3.05) is 13.1 Å². The van der Waals surface area contributed by atoms with Crippen molar-refractivity contribution >= 4 is 17.8 Å². The number of thiol groups is 1. The molecule has 2 aliphatic rings. The third-order valence-corrected chi connectivity index (χ3v) is 4.55. The van der Waals surface area contributed by atoms with Crippen LogP contribution in [0.25, 0.3) is 0 Å². The molecule has 0 amide bonds. The number of nitrogens with one attached hydrogen (secondary N) is 1. The van der Waals surface area contributed by atoms with Crippen molar-refractivity contribution in [1.82, 2.24) is 9.62 Å². The molecule has 118 valence electrons. The molecule has 2 rings (SSSR count). The molecule has 1 saturated heterocycles. The maximum atomic E-state index is 10.9. The van der Waals surface area contributed by atoms with Crippen molar-refractivity contribution < 1.29 is 27.3 Å². The Hall–Kier alpha value is -0.670. The minimum Gasteiger partial charge on any atom is -0.475 e. The highest BCUT2D eigenvalue weighted by molar-refractivity contribution is 7.63. The highest BCUT2D eigenvalue weighted by Gasteiger charge is 2.50. The number of carbonyl (C=O) groups is 1. The maximum Gasteiger partial charge on any atom is 0.490 e. The normalized spacial score (nSPS) is 21.1. The summed E-state index contributed by atoms with van der Waals surface area (Å²) in [4.78, 5) is 8.90. The Morgan fingerprint density at radius 3 is 2.05 bits per heavy atom. The van der Waals surface area contributed by atoms with E-state index < -0.39 is 12.1 Å². The fourth-order valence-corrected chi connectivity index (χ4v) is 2.96. The van der Waals surface area contributed by atoms with Gasteiger partial charge in [-0.05, 0) is 32.1 Å². The van der Waals surface area contributed by atoms with Gasteiger partial charge in [0, 0.05) is 25.2 Å². The second-order valence-electron chi connectivity index (χ2n) is 5.52. The van der Waals surface area contributed by atoms with Gasteiger partial charge in [-0.1, -0.05) is 0 Å². The van der Waals surface area contributed by atoms with Gasteiger partial charge in [0.2, 0.25) is 0 Å². The zero-order valence-electron chi connectivity index (χ0n) is 11.3. The molecule has 1 aliphatic carbocycles. The van der Waals surface area contributed by atoms with E-state index in [1.165, 1.54) is 25.9 Å². The maximum absolute atomic E-state index is 10.9. The third-order valence-electron chi connectivity index (χ3n) is 3.58. The zero-order valence-corrected chi connectivity index (χ0v) is 12.2. The lowest BCUT2D eigenvalue weighted by Gasteiger charge is -2.56. The quantitative estimate of drug-likeness (QED) is 0.678. The summed E-state index contributed by atoms with van der Waals surface area (Å²) < 4.78 is 44.7. The van der Waals surface area contributed by atoms with Crippen molar-refractivity contribution in [2.45, 2.75) is 44.9 Å². The van der Waals surface area contributed by atoms with Crippen molar-refractivity contribution in [3.8, 4) is 0 Å². The second kappa shape index (κ2) is 6.40. The summed E-state index contributed by atoms with van der Waals surface area (Å²) in [5.74, 6) is -2.76. The minimum absolute atomic E-state index is 0.196. The monoisotopic (exact) mass is 316 g/mol. The van der Waals surface area contributed by atoms with Gasteiger partial charge >= 0.3 is 12.1 Å². The van der Waals surface area contributed by atoms with E-state index in [0.717, 1.165) is 0 Å². The smallest absolute Gasteiger partial charge is 0.475 e. The van der Waals surface area contributed by atoms with Crippen LogP contribution in [0.5, 0.6) is 0 Å². The molecule has 1 heterocycles. The number of hydrogen-bond acceptors (Lipinski definition) is 3. The number of nitrogens with zero attached hydrogens (tertiary/aromatic N) is 1. The molecular formula is C11H19F3N2O3S. The molecule has 5 nitrogen and oxygen atoms in total. The average molecular weight is 316 g/mol. The van der Waals surface area contributed by atoms with E-state index in [0.29, 0.717) is 17.5 Å². The molecule has 0 aromatic carbocycles. The predicted molar refractivity (Wildman–Crippen MR) is 68.5 cm³/mol. The van der Waals surface area contributed by atoms with Crippen molar-refractivity contribution in [3.63, 3.8) is 0 Å². The Bertz CT molecular complexity index is 364. The summed E-state index contributed by atoms with van der Waals surface area (Å²) in [5.41, 5.74) is 0.586. The lowest BCUT2D eigenvalue weighted by Crippen LogP contribution is -2.65. The van der Waals surface area contributed by atoms with Crippen LogP contribution in [0, 0.1) is 5.41 Å². The van der Waals surface area contributed by atoms with Gasteiger partial charge < -0.3 is 10.4 Å². The molecule has 0 atom stereocenters. The van der Waals surface area contributed by atoms with Crippen LogP contribution < -0.4 is 5.32 Å². The van der Waals surface area contributed by atoms with Crippen LogP contribution in [-0.4, -0.2) is 50.9 Å². The van der Waals surface area contributed by atoms with Crippen molar-refractivity contribution in [2.24, 2.45) is 5.41 Å². The Morgan fingerprint density at radius 2 is 1.85 bits per heavy atom. The summed E-state index contributed by atoms with van der Waals surface area (Å²) in [6.07, 6.45) is -2.62. The van der Waals surface area contributed by atoms with E-state index >= 15 is 0 Å². The summed E-state index contributed by atoms with van der Waals surface area (Å²) >= 11 is 0.196. The third kappa shape index (κ3) is 4.16. The van der Waals surface area contributed by atoms with Gasteiger partial charge in [0.05, 0.1) is 11.9 Å². The fraction of sp³-hybridized carbons (Fsp3) is 0.909. The van der Waals surface area contributed by atoms with Crippen LogP contribution in [0.4, 0.5) is 13.2 Å². The first-order valence-electron chi connectivity index (χ1n) is 6.24. The first kappa shape index (κ1) is 17.4. The molecule has 0 radical (unpaired) electrons. The number of halogens is 3. The van der Waals surface area contributed by atoms with E-state index in [9.17, 15) is 17.4 Å². The number of carboxylic acids is 1. The summed E-state index contributed by atoms with van der Waals surface area (Å²) in [6, 6.07) is 0.954. The number of alkyl halides is 3. The largest absolute Gasteiger partial charge is 0.490 e. The molecule has 0 aromatic heterocycles. The predicted octanol–water partition coefficient (Wildman–Crippen LogP) is 0.942. The van der Waals surface area contributed by atoms with Gasteiger partial charge in [0.1, 0.15) is 0 Å². The van der Waals surface area contributed by atoms with Crippen LogP contribution in [0.2, 0.25) is 0 Å². The van der Waals surface area contributed by atoms with Crippen LogP contribution >= 0.6 is 0 Å². The van der Waals surface area contributed by atoms with E-state index in [2.05, 4.69) is 23.5 Å². The Kier molecular flexibility index (Phi) is 5.56. The second-order valence-corrected chi connectivity index (χ2v) is 6.15. The van der Waals surface area contributed by atoms with Gasteiger partial charge in [-0.15, -0.1) is 0 Å². The zero-order chi connectivity index (χ0) is 15.6. The lowest BCUT2D eigenvalue weighted by atomic mass is 9.61. The van der Waals surface area contributed by atoms with Crippen LogP contribution in [0.1, 0.15) is 26.7 Å². The van der Waals surface area contributed by atoms with Gasteiger partial charge in [0.25, 0.3) is 0 Å². The summed E-state index contributed by atoms with van der Waals surface area (Å²) in [6.45, 7) is 6.56. The Balaban J connectivity index is 0.000000246. The molecule has 0 unspecified atom stereocenters. The first-order valence-corrected chi connectivity index (χ1v) is 7.00. The Morgan fingerprint density at radius 1 is 1.40 bits per heavy atom. The van der Waals surface area contributed by atoms with Crippen LogP contribution in [-0.2, 0) is 16.6 Å². The number of hydrogen-bond donors (Lipinski definition) is 3. The molecule has 20 heavy (non-hydrogen) atoms. The molecule has 2 N–H and O–H groups in total. The molecule has 9 heteroatoms. The van der Waals surface area contributed by atoms with E-state index in [4.69, 9.17) is 9.90 Å². The number of carboxylic acid groups (broad SMARTS) is 1. The van der Waals surface area contributed by atoms with Gasteiger partial charge in [0.15, 0.2) is 0 Å². The molecule has 0 bridgehead atoms. The minimum atomic E-state index is -5.08. The van der Waals surface area contributed by atoms with Gasteiger partial charge in [-0.2, -0.15) is 13.2 Å². The first-order chi connectivity index (χ1) is 9.11. The molecule has 1 saturated carbocycles. The lowest BCUT2D eigenvalue weighted by molar-refractivity contribution is -0.192. The molecule has 1 spiro atoms. The van der Waals surface area contributed by atoms with Gasteiger partial charge in [-0.3, -0.25) is 0 Å². The van der Waals surface area contributed by atoms with Crippen molar-refractivity contribution in [3.05, 3.63) is 0 Å². The van der Waals surface area contributed by atoms with Crippen LogP contribution in [0.3, 0.4) is 0 Å². The topological polar surface area (TPSA) is 69.6 Å². The summed E-state index contributed by atoms with van der Waals surface area (Å²) in [5, 5.41) is 10.4. The molecule has 2 fully saturated rings. The standard InChI is InChI=1S/C9H18N2OS.C2HF3O2/c1-7(2)11(13-12)8-3-9(4-8)5-10-6-9;3-2(4,5)1(6)7/h7-8,10,13H,3-6H2,1-2H3;(H,6,7). The average Bonchev–Trinajstić information content (AvgIpc) is 2.18. The fourth-order valence-electron chi connectivity index (χ4n) is 2.48. The van der Waals surface area contributed by atoms with Crippen molar-refractivity contribution in [1.29, 1.82) is 0 Å². The molecular weight excluding hydrogens is 297 g/mol. The summed E-state index contributed by atoms with van der Waals surface area (Å²) in [7, 11) is 0. The number of rotatable bonds is 3.